The second-order valence-corrected chi connectivity index (χ2v) is 5.95. The minimum absolute atomic E-state index is 0. The maximum absolute atomic E-state index is 12.0. The number of hydrogen-bond acceptors (Lipinski definition) is 4. The van der Waals surface area contributed by atoms with Crippen LogP contribution in [0, 0.1) is 0 Å². The standard InChI is InChI=1S/C18H30N2O3.ClH/c1-5-11-18(3,19)17(21)20-12-7-8-14-9-10-15(22-4)16(13-14)23-6-2;/h9-10,13H,5-8,11-12,19H2,1-4H3,(H,20,21);1H. The van der Waals surface area contributed by atoms with Crippen molar-refractivity contribution >= 4 is 18.3 Å². The molecule has 0 aliphatic heterocycles. The first-order valence-corrected chi connectivity index (χ1v) is 8.31. The van der Waals surface area contributed by atoms with E-state index in [1.54, 1.807) is 14.0 Å². The van der Waals surface area contributed by atoms with Crippen LogP contribution in [-0.2, 0) is 11.2 Å². The lowest BCUT2D eigenvalue weighted by Crippen LogP contribution is -2.51. The summed E-state index contributed by atoms with van der Waals surface area (Å²) in [6.45, 7) is 6.97. The molecule has 0 radical (unpaired) electrons. The molecule has 1 aromatic rings. The van der Waals surface area contributed by atoms with Gasteiger partial charge >= 0.3 is 0 Å². The van der Waals surface area contributed by atoms with E-state index in [0.717, 1.165) is 36.3 Å². The zero-order valence-corrected chi connectivity index (χ0v) is 16.0. The maximum Gasteiger partial charge on any atom is 0.239 e. The van der Waals surface area contributed by atoms with Gasteiger partial charge in [-0.25, -0.2) is 0 Å². The third kappa shape index (κ3) is 6.97. The molecule has 0 saturated carbocycles. The number of methoxy groups -OCH3 is 1. The number of amides is 1. The minimum Gasteiger partial charge on any atom is -0.493 e. The van der Waals surface area contributed by atoms with Gasteiger partial charge in [0.25, 0.3) is 0 Å². The van der Waals surface area contributed by atoms with Gasteiger partial charge in [-0.3, -0.25) is 4.79 Å². The summed E-state index contributed by atoms with van der Waals surface area (Å²) in [5.41, 5.74) is 6.39. The van der Waals surface area contributed by atoms with Crippen molar-refractivity contribution in [2.75, 3.05) is 20.3 Å². The number of benzene rings is 1. The van der Waals surface area contributed by atoms with Crippen LogP contribution in [0.1, 0.15) is 45.6 Å². The Morgan fingerprint density at radius 3 is 2.58 bits per heavy atom. The fourth-order valence-electron chi connectivity index (χ4n) is 2.47. The second-order valence-electron chi connectivity index (χ2n) is 5.95. The number of carbonyl (C=O) groups excluding carboxylic acids is 1. The normalized spacial score (nSPS) is 12.7. The maximum atomic E-state index is 12.0. The average Bonchev–Trinajstić information content (AvgIpc) is 2.52. The third-order valence-electron chi connectivity index (χ3n) is 3.74. The molecule has 138 valence electrons. The third-order valence-corrected chi connectivity index (χ3v) is 3.74. The summed E-state index contributed by atoms with van der Waals surface area (Å²) in [5, 5.41) is 2.92. The Hall–Kier alpha value is -1.46. The molecule has 0 aliphatic carbocycles. The topological polar surface area (TPSA) is 73.6 Å². The van der Waals surface area contributed by atoms with Crippen LogP contribution in [-0.4, -0.2) is 31.7 Å². The van der Waals surface area contributed by atoms with Gasteiger partial charge in [0, 0.05) is 6.54 Å². The fourth-order valence-corrected chi connectivity index (χ4v) is 2.47. The van der Waals surface area contributed by atoms with Gasteiger partial charge in [-0.15, -0.1) is 12.4 Å². The summed E-state index contributed by atoms with van der Waals surface area (Å²) in [7, 11) is 1.63. The number of carbonyl (C=O) groups is 1. The summed E-state index contributed by atoms with van der Waals surface area (Å²) in [6, 6.07) is 5.93. The molecule has 5 nitrogen and oxygen atoms in total. The van der Waals surface area contributed by atoms with E-state index >= 15 is 0 Å². The predicted octanol–water partition coefficient (Wildman–Crippen LogP) is 3.08. The molecule has 0 fully saturated rings. The number of nitrogens with two attached hydrogens (primary N) is 1. The molecule has 1 atom stereocenters. The van der Waals surface area contributed by atoms with Crippen LogP contribution >= 0.6 is 12.4 Å². The van der Waals surface area contributed by atoms with Crippen LogP contribution in [0.4, 0.5) is 0 Å². The van der Waals surface area contributed by atoms with Crippen LogP contribution in [0.15, 0.2) is 18.2 Å². The van der Waals surface area contributed by atoms with Crippen molar-refractivity contribution in [3.05, 3.63) is 23.8 Å². The second kappa shape index (κ2) is 11.2. The highest BCUT2D eigenvalue weighted by atomic mass is 35.5. The van der Waals surface area contributed by atoms with Crippen molar-refractivity contribution in [3.63, 3.8) is 0 Å². The highest BCUT2D eigenvalue weighted by molar-refractivity contribution is 5.85. The van der Waals surface area contributed by atoms with E-state index < -0.39 is 5.54 Å². The van der Waals surface area contributed by atoms with E-state index in [2.05, 4.69) is 5.32 Å². The zero-order chi connectivity index (χ0) is 17.3. The Kier molecular flexibility index (Phi) is 10.5. The van der Waals surface area contributed by atoms with Crippen molar-refractivity contribution in [2.24, 2.45) is 5.73 Å². The monoisotopic (exact) mass is 358 g/mol. The highest BCUT2D eigenvalue weighted by Gasteiger charge is 2.26. The van der Waals surface area contributed by atoms with Crippen molar-refractivity contribution in [1.82, 2.24) is 5.32 Å². The van der Waals surface area contributed by atoms with Crippen LogP contribution in [0.3, 0.4) is 0 Å². The highest BCUT2D eigenvalue weighted by Crippen LogP contribution is 2.28. The number of rotatable bonds is 10. The Morgan fingerprint density at radius 1 is 1.29 bits per heavy atom. The van der Waals surface area contributed by atoms with Gasteiger partial charge in [0.05, 0.1) is 19.3 Å². The summed E-state index contributed by atoms with van der Waals surface area (Å²) >= 11 is 0. The lowest BCUT2D eigenvalue weighted by Gasteiger charge is -2.22. The molecule has 0 aromatic heterocycles. The Balaban J connectivity index is 0.00000529. The van der Waals surface area contributed by atoms with Crippen molar-refractivity contribution < 1.29 is 14.3 Å². The quantitative estimate of drug-likeness (QED) is 0.630. The van der Waals surface area contributed by atoms with Crippen molar-refractivity contribution in [2.45, 2.75) is 52.0 Å². The molecule has 24 heavy (non-hydrogen) atoms. The SMILES string of the molecule is CCCC(C)(N)C(=O)NCCCc1ccc(OC)c(OCC)c1.Cl. The van der Waals surface area contributed by atoms with E-state index in [1.165, 1.54) is 0 Å². The van der Waals surface area contributed by atoms with Crippen LogP contribution < -0.4 is 20.5 Å². The fraction of sp³-hybridized carbons (Fsp3) is 0.611. The van der Waals surface area contributed by atoms with E-state index in [-0.39, 0.29) is 18.3 Å². The molecule has 0 heterocycles. The first-order chi connectivity index (χ1) is 10.9. The van der Waals surface area contributed by atoms with Crippen LogP contribution in [0.5, 0.6) is 11.5 Å². The lowest BCUT2D eigenvalue weighted by molar-refractivity contribution is -0.126. The Bertz CT molecular complexity index is 507. The number of aryl methyl sites for hydroxylation is 1. The largest absolute Gasteiger partial charge is 0.493 e. The average molecular weight is 359 g/mol. The van der Waals surface area contributed by atoms with E-state index in [9.17, 15) is 4.79 Å². The van der Waals surface area contributed by atoms with Gasteiger partial charge < -0.3 is 20.5 Å². The smallest absolute Gasteiger partial charge is 0.239 e. The van der Waals surface area contributed by atoms with Gasteiger partial charge in [-0.05, 0) is 50.8 Å². The number of ether oxygens (including phenoxy) is 2. The molecule has 0 aliphatic rings. The van der Waals surface area contributed by atoms with Crippen molar-refractivity contribution in [1.29, 1.82) is 0 Å². The lowest BCUT2D eigenvalue weighted by atomic mass is 9.96. The molecule has 1 aromatic carbocycles. The molecule has 0 bridgehead atoms. The molecular weight excluding hydrogens is 328 g/mol. The molecule has 1 rings (SSSR count). The van der Waals surface area contributed by atoms with Gasteiger partial charge in [0.15, 0.2) is 11.5 Å². The number of nitrogens with one attached hydrogen (secondary N) is 1. The zero-order valence-electron chi connectivity index (χ0n) is 15.2. The number of halogens is 1. The van der Waals surface area contributed by atoms with Gasteiger partial charge in [-0.2, -0.15) is 0 Å². The predicted molar refractivity (Wildman–Crippen MR) is 100 cm³/mol. The Labute approximate surface area is 151 Å². The van der Waals surface area contributed by atoms with Crippen molar-refractivity contribution in [3.8, 4) is 11.5 Å². The minimum atomic E-state index is -0.781. The summed E-state index contributed by atoms with van der Waals surface area (Å²) in [6.07, 6.45) is 3.30. The van der Waals surface area contributed by atoms with Crippen LogP contribution in [0.25, 0.3) is 0 Å². The molecule has 3 N–H and O–H groups in total. The molecule has 6 heteroatoms. The van der Waals surface area contributed by atoms with Crippen LogP contribution in [0.2, 0.25) is 0 Å². The molecule has 1 amide bonds. The summed E-state index contributed by atoms with van der Waals surface area (Å²) in [4.78, 5) is 12.0. The molecular formula is C18H31ClN2O3. The van der Waals surface area contributed by atoms with Gasteiger partial charge in [-0.1, -0.05) is 19.4 Å². The van der Waals surface area contributed by atoms with E-state index in [1.807, 2.05) is 32.0 Å². The molecule has 0 saturated heterocycles. The molecule has 0 spiro atoms. The summed E-state index contributed by atoms with van der Waals surface area (Å²) in [5.74, 6) is 1.42. The number of hydrogen-bond donors (Lipinski definition) is 2. The first kappa shape index (κ1) is 22.5. The molecule has 1 unspecified atom stereocenters. The first-order valence-electron chi connectivity index (χ1n) is 8.31. The van der Waals surface area contributed by atoms with E-state index in [4.69, 9.17) is 15.2 Å². The Morgan fingerprint density at radius 2 is 2.00 bits per heavy atom. The summed E-state index contributed by atoms with van der Waals surface area (Å²) < 4.78 is 10.8. The van der Waals surface area contributed by atoms with Gasteiger partial charge in [0.1, 0.15) is 0 Å². The van der Waals surface area contributed by atoms with Gasteiger partial charge in [0.2, 0.25) is 5.91 Å². The van der Waals surface area contributed by atoms with E-state index in [0.29, 0.717) is 19.6 Å².